The van der Waals surface area contributed by atoms with Crippen LogP contribution < -0.4 is 4.90 Å². The number of phenolic OH excluding ortho intramolecular Hbond substituents is 1. The van der Waals surface area contributed by atoms with Crippen LogP contribution in [0.25, 0.3) is 0 Å². The zero-order valence-corrected chi connectivity index (χ0v) is 16.7. The zero-order valence-electron chi connectivity index (χ0n) is 15.0. The predicted octanol–water partition coefficient (Wildman–Crippen LogP) is 4.31. The molecule has 1 unspecified atom stereocenters. The number of para-hydroxylation sites is 2. The minimum atomic E-state index is -0.824. The Morgan fingerprint density at radius 3 is 2.50 bits per heavy atom. The van der Waals surface area contributed by atoms with E-state index in [4.69, 9.17) is 0 Å². The van der Waals surface area contributed by atoms with Crippen molar-refractivity contribution < 1.29 is 19.8 Å². The van der Waals surface area contributed by atoms with E-state index in [0.717, 1.165) is 5.01 Å². The minimum absolute atomic E-state index is 0.00227. The molecule has 2 N–H and O–H groups in total. The third kappa shape index (κ3) is 2.81. The number of amides is 1. The summed E-state index contributed by atoms with van der Waals surface area (Å²) in [6.45, 7) is 3.53. The molecule has 142 valence electrons. The SMILES string of the molecule is Cc1nc(C)c(C(=O)C2=C(O)C(=O)N(c3ccccc3O)C2c2cccs2)s1. The van der Waals surface area contributed by atoms with Crippen molar-refractivity contribution >= 4 is 40.1 Å². The van der Waals surface area contributed by atoms with E-state index in [2.05, 4.69) is 4.98 Å². The van der Waals surface area contributed by atoms with Crippen LogP contribution in [0.4, 0.5) is 5.69 Å². The highest BCUT2D eigenvalue weighted by atomic mass is 32.1. The second-order valence-electron chi connectivity index (χ2n) is 6.32. The zero-order chi connectivity index (χ0) is 20.0. The number of thiophene rings is 1. The number of carbonyl (C=O) groups is 2. The number of aromatic nitrogens is 1. The van der Waals surface area contributed by atoms with Crippen LogP contribution in [0.15, 0.2) is 53.1 Å². The highest BCUT2D eigenvalue weighted by Crippen LogP contribution is 2.46. The van der Waals surface area contributed by atoms with Gasteiger partial charge in [0.15, 0.2) is 5.76 Å². The van der Waals surface area contributed by atoms with Gasteiger partial charge in [-0.25, -0.2) is 4.98 Å². The monoisotopic (exact) mass is 412 g/mol. The molecule has 0 spiro atoms. The van der Waals surface area contributed by atoms with Crippen molar-refractivity contribution in [1.29, 1.82) is 0 Å². The molecule has 0 saturated heterocycles. The van der Waals surface area contributed by atoms with E-state index in [1.165, 1.54) is 33.6 Å². The molecule has 4 rings (SSSR count). The number of rotatable bonds is 4. The molecule has 0 radical (unpaired) electrons. The average Bonchev–Trinajstić information content (AvgIpc) is 3.35. The molecule has 0 bridgehead atoms. The lowest BCUT2D eigenvalue weighted by molar-refractivity contribution is -0.117. The van der Waals surface area contributed by atoms with Gasteiger partial charge in [0, 0.05) is 4.88 Å². The van der Waals surface area contributed by atoms with E-state index in [9.17, 15) is 19.8 Å². The molecule has 3 heterocycles. The van der Waals surface area contributed by atoms with Gasteiger partial charge < -0.3 is 10.2 Å². The second kappa shape index (κ2) is 6.88. The Kier molecular flexibility index (Phi) is 4.52. The molecular weight excluding hydrogens is 396 g/mol. The number of nitrogens with zero attached hydrogens (tertiary/aromatic N) is 2. The number of phenols is 1. The number of ketones is 1. The molecule has 1 amide bonds. The number of aliphatic hydroxyl groups excluding tert-OH is 1. The summed E-state index contributed by atoms with van der Waals surface area (Å²) in [7, 11) is 0. The maximum Gasteiger partial charge on any atom is 0.294 e. The summed E-state index contributed by atoms with van der Waals surface area (Å²) in [5, 5.41) is 23.5. The Morgan fingerprint density at radius 2 is 1.89 bits per heavy atom. The Morgan fingerprint density at radius 1 is 1.14 bits per heavy atom. The first-order valence-electron chi connectivity index (χ1n) is 8.47. The average molecular weight is 412 g/mol. The van der Waals surface area contributed by atoms with Crippen molar-refractivity contribution in [3.8, 4) is 5.75 Å². The van der Waals surface area contributed by atoms with Gasteiger partial charge in [-0.15, -0.1) is 22.7 Å². The number of benzene rings is 1. The Hall–Kier alpha value is -2.97. The van der Waals surface area contributed by atoms with Crippen LogP contribution in [0, 0.1) is 13.8 Å². The number of hydrogen-bond acceptors (Lipinski definition) is 7. The molecule has 0 saturated carbocycles. The van der Waals surface area contributed by atoms with E-state index < -0.39 is 23.5 Å². The van der Waals surface area contributed by atoms with Crippen LogP contribution in [0.2, 0.25) is 0 Å². The predicted molar refractivity (Wildman–Crippen MR) is 108 cm³/mol. The molecular formula is C20H16N2O4S2. The van der Waals surface area contributed by atoms with Crippen LogP contribution in [0.3, 0.4) is 0 Å². The molecule has 28 heavy (non-hydrogen) atoms. The topological polar surface area (TPSA) is 90.7 Å². The molecule has 0 fully saturated rings. The summed E-state index contributed by atoms with van der Waals surface area (Å²) in [6, 6.07) is 9.15. The van der Waals surface area contributed by atoms with Gasteiger partial charge in [0.25, 0.3) is 5.91 Å². The summed E-state index contributed by atoms with van der Waals surface area (Å²) in [4.78, 5) is 32.9. The van der Waals surface area contributed by atoms with Crippen LogP contribution in [0.5, 0.6) is 5.75 Å². The van der Waals surface area contributed by atoms with Gasteiger partial charge in [0.05, 0.1) is 26.8 Å². The third-order valence-corrected chi connectivity index (χ3v) is 6.51. The number of aliphatic hydroxyl groups is 1. The lowest BCUT2D eigenvalue weighted by atomic mass is 10.00. The van der Waals surface area contributed by atoms with E-state index in [0.29, 0.717) is 15.4 Å². The summed E-state index contributed by atoms with van der Waals surface area (Å²) in [5.74, 6) is -1.85. The highest BCUT2D eigenvalue weighted by Gasteiger charge is 2.46. The Bertz CT molecular complexity index is 1120. The fourth-order valence-corrected chi connectivity index (χ4v) is 5.03. The van der Waals surface area contributed by atoms with Crippen LogP contribution >= 0.6 is 22.7 Å². The smallest absolute Gasteiger partial charge is 0.294 e. The Balaban J connectivity index is 1.89. The van der Waals surface area contributed by atoms with Gasteiger partial charge in [-0.2, -0.15) is 0 Å². The Labute approximate surface area is 169 Å². The van der Waals surface area contributed by atoms with Gasteiger partial charge in [0.1, 0.15) is 11.8 Å². The molecule has 8 heteroatoms. The molecule has 1 aliphatic rings. The number of hydrogen-bond donors (Lipinski definition) is 2. The normalized spacial score (nSPS) is 16.9. The van der Waals surface area contributed by atoms with Crippen molar-refractivity contribution in [2.75, 3.05) is 4.90 Å². The maximum absolute atomic E-state index is 13.3. The fourth-order valence-electron chi connectivity index (χ4n) is 3.33. The molecule has 1 aromatic carbocycles. The summed E-state index contributed by atoms with van der Waals surface area (Å²) in [6.07, 6.45) is 0. The number of carbonyl (C=O) groups excluding carboxylic acids is 2. The number of thiazole rings is 1. The highest BCUT2D eigenvalue weighted by molar-refractivity contribution is 7.14. The number of Topliss-reactive ketones (excluding diaryl/α,β-unsaturated/α-hetero) is 1. The van der Waals surface area contributed by atoms with Crippen molar-refractivity contribution in [2.24, 2.45) is 0 Å². The standard InChI is InChI=1S/C20H16N2O4S2/c1-10-19(28-11(2)21-10)17(24)15-16(14-8-5-9-27-14)22(20(26)18(15)25)12-6-3-4-7-13(12)23/h3-9,16,23,25H,1-2H3. The van der Waals surface area contributed by atoms with Gasteiger partial charge in [0.2, 0.25) is 5.78 Å². The molecule has 6 nitrogen and oxygen atoms in total. The maximum atomic E-state index is 13.3. The van der Waals surface area contributed by atoms with Crippen molar-refractivity contribution in [2.45, 2.75) is 19.9 Å². The molecule has 1 atom stereocenters. The fraction of sp³-hybridized carbons (Fsp3) is 0.150. The number of anilines is 1. The lowest BCUT2D eigenvalue weighted by Crippen LogP contribution is -2.30. The quantitative estimate of drug-likeness (QED) is 0.623. The second-order valence-corrected chi connectivity index (χ2v) is 8.50. The lowest BCUT2D eigenvalue weighted by Gasteiger charge is -2.26. The molecule has 0 aliphatic carbocycles. The molecule has 1 aliphatic heterocycles. The molecule has 3 aromatic rings. The van der Waals surface area contributed by atoms with E-state index in [1.54, 1.807) is 38.1 Å². The largest absolute Gasteiger partial charge is 0.506 e. The summed E-state index contributed by atoms with van der Waals surface area (Å²) in [5.41, 5.74) is 0.797. The van der Waals surface area contributed by atoms with Crippen LogP contribution in [-0.4, -0.2) is 26.9 Å². The van der Waals surface area contributed by atoms with Gasteiger partial charge in [-0.1, -0.05) is 18.2 Å². The van der Waals surface area contributed by atoms with Crippen molar-refractivity contribution in [3.63, 3.8) is 0 Å². The van der Waals surface area contributed by atoms with Crippen molar-refractivity contribution in [1.82, 2.24) is 4.98 Å². The van der Waals surface area contributed by atoms with Gasteiger partial charge in [-0.3, -0.25) is 14.5 Å². The number of aryl methyl sites for hydroxylation is 2. The van der Waals surface area contributed by atoms with E-state index in [1.807, 2.05) is 11.4 Å². The van der Waals surface area contributed by atoms with Gasteiger partial charge in [-0.05, 0) is 37.4 Å². The van der Waals surface area contributed by atoms with Crippen LogP contribution in [-0.2, 0) is 4.79 Å². The van der Waals surface area contributed by atoms with Crippen LogP contribution in [0.1, 0.15) is 31.3 Å². The van der Waals surface area contributed by atoms with Crippen molar-refractivity contribution in [3.05, 3.63) is 73.6 Å². The summed E-state index contributed by atoms with van der Waals surface area (Å²) < 4.78 is 0. The third-order valence-electron chi connectivity index (χ3n) is 4.52. The number of aromatic hydroxyl groups is 1. The molecule has 2 aromatic heterocycles. The first kappa shape index (κ1) is 18.4. The van der Waals surface area contributed by atoms with E-state index in [-0.39, 0.29) is 17.0 Å². The van der Waals surface area contributed by atoms with E-state index >= 15 is 0 Å². The minimum Gasteiger partial charge on any atom is -0.506 e. The first-order chi connectivity index (χ1) is 13.4. The summed E-state index contributed by atoms with van der Waals surface area (Å²) >= 11 is 2.60. The first-order valence-corrected chi connectivity index (χ1v) is 10.2. The van der Waals surface area contributed by atoms with Gasteiger partial charge >= 0.3 is 0 Å².